The van der Waals surface area contributed by atoms with Crippen molar-refractivity contribution in [3.8, 4) is 5.75 Å². The number of nitrogens with zero attached hydrogens (tertiary/aromatic N) is 1. The van der Waals surface area contributed by atoms with Crippen LogP contribution in [0.25, 0.3) is 0 Å². The van der Waals surface area contributed by atoms with Crippen molar-refractivity contribution in [3.63, 3.8) is 0 Å². The quantitative estimate of drug-likeness (QED) is 0.441. The molecule has 1 aromatic rings. The van der Waals surface area contributed by atoms with Gasteiger partial charge in [-0.3, -0.25) is 5.41 Å². The van der Waals surface area contributed by atoms with E-state index in [9.17, 15) is 0 Å². The maximum Gasteiger partial charge on any atom is 0.193 e. The predicted octanol–water partition coefficient (Wildman–Crippen LogP) is 2.44. The summed E-state index contributed by atoms with van der Waals surface area (Å²) in [5.74, 6) is 1.89. The highest BCUT2D eigenvalue weighted by molar-refractivity contribution is 8.13. The first kappa shape index (κ1) is 16.4. The zero-order valence-electron chi connectivity index (χ0n) is 12.1. The maximum absolute atomic E-state index is 7.47. The van der Waals surface area contributed by atoms with Crippen molar-refractivity contribution in [2.24, 2.45) is 16.5 Å². The Morgan fingerprint density at radius 1 is 1.40 bits per heavy atom. The molecule has 5 N–H and O–H groups in total. The Balaban J connectivity index is 2.41. The van der Waals surface area contributed by atoms with Crippen LogP contribution in [0.5, 0.6) is 5.75 Å². The summed E-state index contributed by atoms with van der Waals surface area (Å²) in [6, 6.07) is 6.12. The summed E-state index contributed by atoms with van der Waals surface area (Å²) in [6.45, 7) is 6.95. The molecule has 0 aliphatic heterocycles. The van der Waals surface area contributed by atoms with E-state index < -0.39 is 0 Å². The number of rotatable bonds is 5. The average Bonchev–Trinajstić information content (AvgIpc) is 2.33. The molecular weight excluding hydrogens is 272 g/mol. The lowest BCUT2D eigenvalue weighted by atomic mass is 9.98. The molecule has 0 fully saturated rings. The molecule has 0 aliphatic rings. The summed E-state index contributed by atoms with van der Waals surface area (Å²) in [5.41, 5.74) is 12.9. The van der Waals surface area contributed by atoms with E-state index in [4.69, 9.17) is 21.6 Å². The molecule has 0 aliphatic carbocycles. The second-order valence-electron chi connectivity index (χ2n) is 4.71. The molecule has 0 heterocycles. The van der Waals surface area contributed by atoms with Gasteiger partial charge in [0, 0.05) is 5.75 Å². The first-order valence-corrected chi connectivity index (χ1v) is 7.43. The lowest BCUT2D eigenvalue weighted by Gasteiger charge is -2.12. The number of aryl methyl sites for hydroxylation is 1. The number of aliphatic imine (C=N–C) groups is 1. The number of nitrogens with one attached hydrogen (secondary N) is 1. The first-order valence-electron chi connectivity index (χ1n) is 6.44. The Morgan fingerprint density at radius 2 is 2.10 bits per heavy atom. The van der Waals surface area contributed by atoms with Gasteiger partial charge in [-0.05, 0) is 36.1 Å². The smallest absolute Gasteiger partial charge is 0.193 e. The summed E-state index contributed by atoms with van der Waals surface area (Å²) in [5, 5.41) is 7.57. The van der Waals surface area contributed by atoms with E-state index in [-0.39, 0.29) is 11.1 Å². The topological polar surface area (TPSA) is 97.5 Å². The molecule has 0 saturated carbocycles. The molecule has 0 amide bonds. The minimum absolute atomic E-state index is 0.0942. The van der Waals surface area contributed by atoms with E-state index in [2.05, 4.69) is 31.8 Å². The summed E-state index contributed by atoms with van der Waals surface area (Å²) >= 11 is 1.25. The number of ether oxygens (including phenoxy) is 1. The van der Waals surface area contributed by atoms with Crippen molar-refractivity contribution in [2.75, 3.05) is 12.4 Å². The van der Waals surface area contributed by atoms with Crippen molar-refractivity contribution in [1.82, 2.24) is 0 Å². The summed E-state index contributed by atoms with van der Waals surface area (Å²) in [4.78, 5) is 3.63. The Labute approximate surface area is 124 Å². The third-order valence-corrected chi connectivity index (χ3v) is 3.42. The van der Waals surface area contributed by atoms with Gasteiger partial charge in [-0.2, -0.15) is 4.99 Å². The monoisotopic (exact) mass is 294 g/mol. The van der Waals surface area contributed by atoms with Gasteiger partial charge < -0.3 is 16.2 Å². The van der Waals surface area contributed by atoms with Crippen LogP contribution in [0.1, 0.15) is 30.9 Å². The summed E-state index contributed by atoms with van der Waals surface area (Å²) in [7, 11) is 0. The molecule has 0 atom stereocenters. The van der Waals surface area contributed by atoms with E-state index in [1.54, 1.807) is 0 Å². The number of nitrogens with two attached hydrogens (primary N) is 2. The molecule has 110 valence electrons. The minimum atomic E-state index is -0.0942. The van der Waals surface area contributed by atoms with E-state index in [1.807, 2.05) is 12.1 Å². The number of benzene rings is 1. The standard InChI is InChI=1S/C14H22N4OS/c1-9(2)12-5-4-11(8-10(12)3)19-6-7-20-14(17)18-13(15)16/h4-5,8-9H,6-7H2,1-3H3,(H5,15,16,17,18). The highest BCUT2D eigenvalue weighted by Gasteiger charge is 2.05. The van der Waals surface area contributed by atoms with Gasteiger partial charge in [0.05, 0.1) is 6.61 Å². The largest absolute Gasteiger partial charge is 0.493 e. The number of amidine groups is 1. The predicted molar refractivity (Wildman–Crippen MR) is 86.8 cm³/mol. The van der Waals surface area contributed by atoms with Crippen LogP contribution in [0.4, 0.5) is 0 Å². The Bertz CT molecular complexity index is 496. The Hall–Kier alpha value is -1.69. The number of hydrogen-bond acceptors (Lipinski definition) is 3. The van der Waals surface area contributed by atoms with Crippen molar-refractivity contribution in [3.05, 3.63) is 29.3 Å². The molecule has 0 radical (unpaired) electrons. The van der Waals surface area contributed by atoms with Gasteiger partial charge in [0.15, 0.2) is 11.1 Å². The van der Waals surface area contributed by atoms with Gasteiger partial charge in [-0.25, -0.2) is 0 Å². The van der Waals surface area contributed by atoms with Crippen LogP contribution in [0.3, 0.4) is 0 Å². The molecule has 0 saturated heterocycles. The average molecular weight is 294 g/mol. The van der Waals surface area contributed by atoms with Gasteiger partial charge in [0.1, 0.15) is 5.75 Å². The SMILES string of the molecule is Cc1cc(OCCSC(=N)N=C(N)N)ccc1C(C)C. The normalized spacial score (nSPS) is 10.4. The fraction of sp³-hybridized carbons (Fsp3) is 0.429. The van der Waals surface area contributed by atoms with Crippen LogP contribution < -0.4 is 16.2 Å². The lowest BCUT2D eigenvalue weighted by Crippen LogP contribution is -2.23. The number of thioether (sulfide) groups is 1. The van der Waals surface area contributed by atoms with E-state index in [0.717, 1.165) is 5.75 Å². The molecule has 20 heavy (non-hydrogen) atoms. The Kier molecular flexibility index (Phi) is 6.38. The van der Waals surface area contributed by atoms with Gasteiger partial charge in [0.25, 0.3) is 0 Å². The molecular formula is C14H22N4OS. The van der Waals surface area contributed by atoms with Crippen molar-refractivity contribution < 1.29 is 4.74 Å². The zero-order valence-corrected chi connectivity index (χ0v) is 13.0. The minimum Gasteiger partial charge on any atom is -0.493 e. The highest BCUT2D eigenvalue weighted by atomic mass is 32.2. The molecule has 5 nitrogen and oxygen atoms in total. The van der Waals surface area contributed by atoms with E-state index in [0.29, 0.717) is 18.3 Å². The van der Waals surface area contributed by atoms with Crippen molar-refractivity contribution >= 4 is 22.9 Å². The van der Waals surface area contributed by atoms with Crippen LogP contribution in [0, 0.1) is 12.3 Å². The van der Waals surface area contributed by atoms with Gasteiger partial charge in [-0.15, -0.1) is 0 Å². The second-order valence-corrected chi connectivity index (χ2v) is 5.80. The van der Waals surface area contributed by atoms with Gasteiger partial charge in [0.2, 0.25) is 0 Å². The summed E-state index contributed by atoms with van der Waals surface area (Å²) < 4.78 is 5.65. The third-order valence-electron chi connectivity index (χ3n) is 2.68. The van der Waals surface area contributed by atoms with Crippen molar-refractivity contribution in [1.29, 1.82) is 5.41 Å². The van der Waals surface area contributed by atoms with Crippen LogP contribution in [0.2, 0.25) is 0 Å². The number of guanidine groups is 1. The maximum atomic E-state index is 7.47. The first-order chi connectivity index (χ1) is 9.40. The zero-order chi connectivity index (χ0) is 15.1. The Morgan fingerprint density at radius 3 is 2.65 bits per heavy atom. The van der Waals surface area contributed by atoms with Gasteiger partial charge in [-0.1, -0.05) is 31.7 Å². The fourth-order valence-electron chi connectivity index (χ4n) is 1.83. The second kappa shape index (κ2) is 7.79. The van der Waals surface area contributed by atoms with E-state index in [1.165, 1.54) is 22.9 Å². The molecule has 0 aromatic heterocycles. The molecule has 1 rings (SSSR count). The molecule has 6 heteroatoms. The highest BCUT2D eigenvalue weighted by Crippen LogP contribution is 2.23. The van der Waals surface area contributed by atoms with Crippen molar-refractivity contribution in [2.45, 2.75) is 26.7 Å². The lowest BCUT2D eigenvalue weighted by molar-refractivity contribution is 0.344. The molecule has 1 aromatic carbocycles. The van der Waals surface area contributed by atoms with E-state index >= 15 is 0 Å². The fourth-order valence-corrected chi connectivity index (χ4v) is 2.36. The van der Waals surface area contributed by atoms with Crippen LogP contribution in [-0.2, 0) is 0 Å². The number of hydrogen-bond donors (Lipinski definition) is 3. The molecule has 0 spiro atoms. The van der Waals surface area contributed by atoms with Crippen LogP contribution in [0.15, 0.2) is 23.2 Å². The summed E-state index contributed by atoms with van der Waals surface area (Å²) in [6.07, 6.45) is 0. The third kappa shape index (κ3) is 5.52. The van der Waals surface area contributed by atoms with Crippen LogP contribution >= 0.6 is 11.8 Å². The van der Waals surface area contributed by atoms with Crippen LogP contribution in [-0.4, -0.2) is 23.5 Å². The molecule has 0 unspecified atom stereocenters. The van der Waals surface area contributed by atoms with Gasteiger partial charge >= 0.3 is 0 Å². The molecule has 0 bridgehead atoms.